The van der Waals surface area contributed by atoms with Gasteiger partial charge in [0.2, 0.25) is 0 Å². The lowest BCUT2D eigenvalue weighted by Gasteiger charge is -2.04. The predicted molar refractivity (Wildman–Crippen MR) is 57.6 cm³/mol. The molecule has 1 atom stereocenters. The van der Waals surface area contributed by atoms with Gasteiger partial charge in [0.1, 0.15) is 6.04 Å². The Balaban J connectivity index is 2.68. The fraction of sp³-hybridized carbons (Fsp3) is 0.333. The van der Waals surface area contributed by atoms with Crippen LogP contribution in [-0.4, -0.2) is 27.4 Å². The van der Waals surface area contributed by atoms with Crippen LogP contribution in [0.1, 0.15) is 18.5 Å². The minimum absolute atomic E-state index is 0.260. The highest BCUT2D eigenvalue weighted by Crippen LogP contribution is 2.07. The standard InChI is InChI=1S/C9H11N5O2/c1-7(9(15)16)14-6-8(5-12-14)3-2-4-11-13-10/h2-3,5-7H,4H2,1H3,(H,15,16)/t7-/m0/s1. The summed E-state index contributed by atoms with van der Waals surface area (Å²) in [7, 11) is 0. The van der Waals surface area contributed by atoms with Gasteiger partial charge in [-0.2, -0.15) is 5.10 Å². The molecule has 7 heteroatoms. The number of rotatable bonds is 5. The van der Waals surface area contributed by atoms with E-state index in [0.717, 1.165) is 5.56 Å². The van der Waals surface area contributed by atoms with Gasteiger partial charge in [-0.05, 0) is 12.5 Å². The average molecular weight is 221 g/mol. The Morgan fingerprint density at radius 3 is 3.25 bits per heavy atom. The summed E-state index contributed by atoms with van der Waals surface area (Å²) in [5, 5.41) is 16.0. The predicted octanol–water partition coefficient (Wildman–Crippen LogP) is 1.85. The zero-order chi connectivity index (χ0) is 12.0. The highest BCUT2D eigenvalue weighted by molar-refractivity contribution is 5.71. The third-order valence-electron chi connectivity index (χ3n) is 1.94. The van der Waals surface area contributed by atoms with Gasteiger partial charge in [0.15, 0.2) is 0 Å². The molecule has 1 aromatic rings. The van der Waals surface area contributed by atoms with Crippen LogP contribution >= 0.6 is 0 Å². The molecule has 0 aliphatic carbocycles. The molecule has 0 amide bonds. The SMILES string of the molecule is C[C@@H](C(=O)O)n1cc(C=CCN=[N+]=[N-])cn1. The molecule has 1 N–H and O–H groups in total. The lowest BCUT2D eigenvalue weighted by Crippen LogP contribution is -2.15. The van der Waals surface area contributed by atoms with E-state index in [1.165, 1.54) is 4.68 Å². The van der Waals surface area contributed by atoms with Gasteiger partial charge in [-0.1, -0.05) is 17.3 Å². The smallest absolute Gasteiger partial charge is 0.328 e. The molecule has 1 rings (SSSR count). The molecule has 16 heavy (non-hydrogen) atoms. The van der Waals surface area contributed by atoms with Crippen LogP contribution in [0.25, 0.3) is 16.5 Å². The fourth-order valence-corrected chi connectivity index (χ4v) is 1.04. The Morgan fingerprint density at radius 2 is 2.62 bits per heavy atom. The first-order valence-corrected chi connectivity index (χ1v) is 4.59. The third kappa shape index (κ3) is 3.14. The maximum absolute atomic E-state index is 10.7. The van der Waals surface area contributed by atoms with Gasteiger partial charge >= 0.3 is 5.97 Å². The highest BCUT2D eigenvalue weighted by Gasteiger charge is 2.13. The number of hydrogen-bond donors (Lipinski definition) is 1. The number of carboxylic acid groups (broad SMARTS) is 1. The topological polar surface area (TPSA) is 104 Å². The molecule has 0 fully saturated rings. The number of aliphatic carboxylic acids is 1. The lowest BCUT2D eigenvalue weighted by molar-refractivity contribution is -0.140. The first-order chi connectivity index (χ1) is 7.65. The van der Waals surface area contributed by atoms with E-state index in [1.807, 2.05) is 0 Å². The molecule has 1 heterocycles. The van der Waals surface area contributed by atoms with E-state index in [9.17, 15) is 4.79 Å². The highest BCUT2D eigenvalue weighted by atomic mass is 16.4. The van der Waals surface area contributed by atoms with Gasteiger partial charge in [0.25, 0.3) is 0 Å². The second kappa shape index (κ2) is 5.57. The van der Waals surface area contributed by atoms with Gasteiger partial charge in [-0.3, -0.25) is 4.68 Å². The maximum atomic E-state index is 10.7. The second-order valence-corrected chi connectivity index (χ2v) is 3.08. The Labute approximate surface area is 91.6 Å². The molecule has 0 bridgehead atoms. The summed E-state index contributed by atoms with van der Waals surface area (Å²) in [5.74, 6) is -0.937. The van der Waals surface area contributed by atoms with E-state index in [2.05, 4.69) is 15.1 Å². The lowest BCUT2D eigenvalue weighted by atomic mass is 10.3. The van der Waals surface area contributed by atoms with Crippen molar-refractivity contribution in [2.24, 2.45) is 5.11 Å². The monoisotopic (exact) mass is 221 g/mol. The maximum Gasteiger partial charge on any atom is 0.328 e. The van der Waals surface area contributed by atoms with Gasteiger partial charge in [0, 0.05) is 23.2 Å². The van der Waals surface area contributed by atoms with Crippen LogP contribution in [0.4, 0.5) is 0 Å². The number of nitrogens with zero attached hydrogens (tertiary/aromatic N) is 5. The van der Waals surface area contributed by atoms with Gasteiger partial charge in [-0.15, -0.1) is 0 Å². The summed E-state index contributed by atoms with van der Waals surface area (Å²) in [5.41, 5.74) is 8.81. The fourth-order valence-electron chi connectivity index (χ4n) is 1.04. The quantitative estimate of drug-likeness (QED) is 0.466. The van der Waals surface area contributed by atoms with E-state index in [4.69, 9.17) is 10.6 Å². The Morgan fingerprint density at radius 1 is 1.88 bits per heavy atom. The first-order valence-electron chi connectivity index (χ1n) is 4.59. The zero-order valence-corrected chi connectivity index (χ0v) is 8.69. The van der Waals surface area contributed by atoms with Crippen LogP contribution in [0, 0.1) is 0 Å². The summed E-state index contributed by atoms with van der Waals surface area (Å²) in [6, 6.07) is -0.695. The van der Waals surface area contributed by atoms with E-state index in [0.29, 0.717) is 0 Å². The van der Waals surface area contributed by atoms with E-state index < -0.39 is 12.0 Å². The van der Waals surface area contributed by atoms with Crippen LogP contribution in [0.3, 0.4) is 0 Å². The Kier molecular flexibility index (Phi) is 4.11. The molecule has 84 valence electrons. The third-order valence-corrected chi connectivity index (χ3v) is 1.94. The molecule has 0 unspecified atom stereocenters. The number of carbonyl (C=O) groups is 1. The van der Waals surface area contributed by atoms with Crippen molar-refractivity contribution in [2.45, 2.75) is 13.0 Å². The Hall–Kier alpha value is -2.27. The minimum Gasteiger partial charge on any atom is -0.480 e. The van der Waals surface area contributed by atoms with E-state index in [1.54, 1.807) is 31.5 Å². The molecule has 0 spiro atoms. The van der Waals surface area contributed by atoms with Crippen LogP contribution in [0.2, 0.25) is 0 Å². The normalized spacial score (nSPS) is 12.3. The van der Waals surface area contributed by atoms with Crippen LogP contribution in [0.15, 0.2) is 23.6 Å². The number of hydrogen-bond acceptors (Lipinski definition) is 3. The largest absolute Gasteiger partial charge is 0.480 e. The first kappa shape index (κ1) is 11.8. The van der Waals surface area contributed by atoms with Crippen molar-refractivity contribution in [3.63, 3.8) is 0 Å². The van der Waals surface area contributed by atoms with Gasteiger partial charge < -0.3 is 5.11 Å². The van der Waals surface area contributed by atoms with Crippen LogP contribution in [-0.2, 0) is 4.79 Å². The molecule has 0 aliphatic heterocycles. The van der Waals surface area contributed by atoms with Crippen molar-refractivity contribution in [2.75, 3.05) is 6.54 Å². The van der Waals surface area contributed by atoms with Gasteiger partial charge in [0.05, 0.1) is 6.20 Å². The average Bonchev–Trinajstić information content (AvgIpc) is 2.72. The Bertz CT molecular complexity index is 445. The summed E-state index contributed by atoms with van der Waals surface area (Å²) >= 11 is 0. The molecule has 0 aromatic carbocycles. The minimum atomic E-state index is -0.937. The van der Waals surface area contributed by atoms with Crippen LogP contribution in [0.5, 0.6) is 0 Å². The number of carboxylic acids is 1. The zero-order valence-electron chi connectivity index (χ0n) is 8.69. The molecular weight excluding hydrogens is 210 g/mol. The summed E-state index contributed by atoms with van der Waals surface area (Å²) in [6.45, 7) is 1.80. The van der Waals surface area contributed by atoms with Crippen molar-refractivity contribution < 1.29 is 9.90 Å². The molecule has 0 saturated heterocycles. The molecular formula is C9H11N5O2. The molecule has 1 aromatic heterocycles. The van der Waals surface area contributed by atoms with Crippen molar-refractivity contribution in [1.29, 1.82) is 0 Å². The number of azide groups is 1. The molecule has 7 nitrogen and oxygen atoms in total. The van der Waals surface area contributed by atoms with Crippen molar-refractivity contribution in [3.8, 4) is 0 Å². The van der Waals surface area contributed by atoms with Crippen molar-refractivity contribution in [1.82, 2.24) is 9.78 Å². The summed E-state index contributed by atoms with van der Waals surface area (Å²) in [4.78, 5) is 13.3. The van der Waals surface area contributed by atoms with E-state index in [-0.39, 0.29) is 6.54 Å². The summed E-state index contributed by atoms with van der Waals surface area (Å²) < 4.78 is 1.36. The van der Waals surface area contributed by atoms with Gasteiger partial charge in [-0.25, -0.2) is 4.79 Å². The molecule has 0 aliphatic rings. The van der Waals surface area contributed by atoms with Crippen molar-refractivity contribution in [3.05, 3.63) is 34.5 Å². The molecule has 0 saturated carbocycles. The second-order valence-electron chi connectivity index (χ2n) is 3.08. The molecule has 0 radical (unpaired) electrons. The summed E-state index contributed by atoms with van der Waals surface area (Å²) in [6.07, 6.45) is 6.55. The van der Waals surface area contributed by atoms with Crippen molar-refractivity contribution >= 4 is 12.0 Å². The van der Waals surface area contributed by atoms with Crippen LogP contribution < -0.4 is 0 Å². The van der Waals surface area contributed by atoms with E-state index >= 15 is 0 Å². The number of aromatic nitrogens is 2.